The summed E-state index contributed by atoms with van der Waals surface area (Å²) in [6.07, 6.45) is 0.310. The van der Waals surface area contributed by atoms with E-state index in [4.69, 9.17) is 18.9 Å². The highest BCUT2D eigenvalue weighted by Gasteiger charge is 2.25. The molecular weight excluding hydrogens is 432 g/mol. The zero-order chi connectivity index (χ0) is 22.3. The summed E-state index contributed by atoms with van der Waals surface area (Å²) < 4.78 is 22.2. The van der Waals surface area contributed by atoms with Crippen LogP contribution in [0.15, 0.2) is 47.6 Å². The minimum absolute atomic E-state index is 0.0898. The average Bonchev–Trinajstić information content (AvgIpc) is 3.31. The number of amides is 1. The number of carbonyl (C=O) groups excluding carboxylic acids is 1. The molecule has 2 N–H and O–H groups in total. The van der Waals surface area contributed by atoms with Crippen LogP contribution >= 0.6 is 11.8 Å². The van der Waals surface area contributed by atoms with Gasteiger partial charge in [-0.05, 0) is 36.2 Å². The molecule has 1 atom stereocenters. The summed E-state index contributed by atoms with van der Waals surface area (Å²) in [4.78, 5) is 16.6. The summed E-state index contributed by atoms with van der Waals surface area (Å²) >= 11 is 1.26. The van der Waals surface area contributed by atoms with Gasteiger partial charge in [0, 0.05) is 6.54 Å². The molecule has 2 heterocycles. The van der Waals surface area contributed by atoms with E-state index in [-0.39, 0.29) is 17.8 Å². The molecule has 32 heavy (non-hydrogen) atoms. The first-order chi connectivity index (χ1) is 15.7. The highest BCUT2D eigenvalue weighted by atomic mass is 32.2. The van der Waals surface area contributed by atoms with E-state index >= 15 is 0 Å². The predicted octanol–water partition coefficient (Wildman–Crippen LogP) is 2.79. The van der Waals surface area contributed by atoms with Crippen molar-refractivity contribution in [2.45, 2.75) is 17.7 Å². The fourth-order valence-corrected chi connectivity index (χ4v) is 3.82. The monoisotopic (exact) mass is 456 g/mol. The van der Waals surface area contributed by atoms with Crippen LogP contribution in [-0.2, 0) is 11.2 Å². The number of H-pyrrole nitrogens is 1. The topological polar surface area (TPSA) is 108 Å². The lowest BCUT2D eigenvalue weighted by Crippen LogP contribution is -2.27. The van der Waals surface area contributed by atoms with E-state index in [1.165, 1.54) is 11.8 Å². The second-order valence-corrected chi connectivity index (χ2v) is 7.89. The van der Waals surface area contributed by atoms with Crippen molar-refractivity contribution in [1.29, 1.82) is 0 Å². The molecule has 4 rings (SSSR count). The molecule has 0 unspecified atom stereocenters. The fraction of sp³-hybridized carbons (Fsp3) is 0.318. The summed E-state index contributed by atoms with van der Waals surface area (Å²) in [6.45, 7) is 0.855. The van der Waals surface area contributed by atoms with Crippen molar-refractivity contribution in [2.75, 3.05) is 33.1 Å². The van der Waals surface area contributed by atoms with E-state index in [0.717, 1.165) is 5.56 Å². The molecule has 0 spiro atoms. The zero-order valence-electron chi connectivity index (χ0n) is 17.8. The molecule has 9 nitrogen and oxygen atoms in total. The second-order valence-electron chi connectivity index (χ2n) is 6.95. The van der Waals surface area contributed by atoms with Gasteiger partial charge in [0.15, 0.2) is 34.9 Å². The number of carbonyl (C=O) groups is 1. The lowest BCUT2D eigenvalue weighted by atomic mass is 10.1. The Bertz CT molecular complexity index is 1070. The van der Waals surface area contributed by atoms with E-state index in [9.17, 15) is 4.79 Å². The molecule has 168 valence electrons. The molecule has 1 aliphatic rings. The fourth-order valence-electron chi connectivity index (χ4n) is 3.18. The Kier molecular flexibility index (Phi) is 7.00. The van der Waals surface area contributed by atoms with Crippen molar-refractivity contribution in [2.24, 2.45) is 0 Å². The number of rotatable bonds is 9. The molecule has 1 aliphatic heterocycles. The van der Waals surface area contributed by atoms with Gasteiger partial charge in [-0.2, -0.15) is 0 Å². The third kappa shape index (κ3) is 5.25. The smallest absolute Gasteiger partial charge is 0.230 e. The Morgan fingerprint density at radius 3 is 2.81 bits per heavy atom. The number of nitrogens with zero attached hydrogens (tertiary/aromatic N) is 2. The van der Waals surface area contributed by atoms with Gasteiger partial charge in [-0.25, -0.2) is 4.98 Å². The maximum absolute atomic E-state index is 12.2. The number of ether oxygens (including phenoxy) is 4. The number of hydrogen-bond acceptors (Lipinski definition) is 8. The third-order valence-corrected chi connectivity index (χ3v) is 5.66. The van der Waals surface area contributed by atoms with E-state index in [0.29, 0.717) is 53.6 Å². The Labute approximate surface area is 189 Å². The van der Waals surface area contributed by atoms with Crippen LogP contribution in [0.1, 0.15) is 17.5 Å². The van der Waals surface area contributed by atoms with Crippen molar-refractivity contribution in [3.05, 3.63) is 53.9 Å². The normalized spacial score (nSPS) is 14.6. The minimum Gasteiger partial charge on any atom is -0.493 e. The molecule has 2 aromatic carbocycles. The van der Waals surface area contributed by atoms with Crippen LogP contribution in [0.4, 0.5) is 0 Å². The number of nitrogens with one attached hydrogen (secondary N) is 2. The molecule has 1 aromatic heterocycles. The summed E-state index contributed by atoms with van der Waals surface area (Å²) in [6, 6.07) is 13.2. The first-order valence-corrected chi connectivity index (χ1v) is 11.1. The largest absolute Gasteiger partial charge is 0.493 e. The number of methoxy groups -OCH3 is 2. The lowest BCUT2D eigenvalue weighted by Gasteiger charge is -2.24. The molecule has 0 saturated heterocycles. The van der Waals surface area contributed by atoms with Gasteiger partial charge in [0.2, 0.25) is 11.1 Å². The van der Waals surface area contributed by atoms with Crippen LogP contribution in [0.3, 0.4) is 0 Å². The molecule has 10 heteroatoms. The van der Waals surface area contributed by atoms with E-state index in [2.05, 4.69) is 20.5 Å². The quantitative estimate of drug-likeness (QED) is 0.474. The Hall–Kier alpha value is -3.40. The van der Waals surface area contributed by atoms with Gasteiger partial charge in [0.1, 0.15) is 6.61 Å². The van der Waals surface area contributed by atoms with Gasteiger partial charge in [0.05, 0.1) is 20.0 Å². The molecule has 0 aliphatic carbocycles. The van der Waals surface area contributed by atoms with E-state index < -0.39 is 0 Å². The summed E-state index contributed by atoms with van der Waals surface area (Å²) in [5, 5.41) is 10.4. The molecule has 1 amide bonds. The highest BCUT2D eigenvalue weighted by Crippen LogP contribution is 2.35. The first kappa shape index (κ1) is 21.8. The SMILES string of the molecule is COc1ccc(CCNC(=O)CSc2n[nH]c([C@@H]3COc4ccccc4O3)n2)cc1OC. The molecule has 0 bridgehead atoms. The van der Waals surface area contributed by atoms with Crippen LogP contribution in [0.5, 0.6) is 23.0 Å². The van der Waals surface area contributed by atoms with Crippen LogP contribution in [0.2, 0.25) is 0 Å². The van der Waals surface area contributed by atoms with Gasteiger partial charge >= 0.3 is 0 Å². The molecule has 3 aromatic rings. The maximum atomic E-state index is 12.2. The number of thioether (sulfide) groups is 1. The van der Waals surface area contributed by atoms with Gasteiger partial charge < -0.3 is 24.3 Å². The van der Waals surface area contributed by atoms with Gasteiger partial charge in [-0.15, -0.1) is 5.10 Å². The summed E-state index contributed by atoms with van der Waals surface area (Å²) in [7, 11) is 3.20. The molecule has 0 fully saturated rings. The van der Waals surface area contributed by atoms with E-state index in [1.807, 2.05) is 42.5 Å². The number of fused-ring (bicyclic) bond motifs is 1. The first-order valence-electron chi connectivity index (χ1n) is 10.1. The predicted molar refractivity (Wildman–Crippen MR) is 119 cm³/mol. The summed E-state index contributed by atoms with van der Waals surface area (Å²) in [5.74, 6) is 3.42. The van der Waals surface area contributed by atoms with Crippen molar-refractivity contribution in [3.8, 4) is 23.0 Å². The van der Waals surface area contributed by atoms with Gasteiger partial charge in [-0.3, -0.25) is 9.89 Å². The number of benzene rings is 2. The van der Waals surface area contributed by atoms with Crippen molar-refractivity contribution in [1.82, 2.24) is 20.5 Å². The number of aromatic amines is 1. The molecular formula is C22H24N4O5S. The number of para-hydroxylation sites is 2. The minimum atomic E-state index is -0.373. The van der Waals surface area contributed by atoms with Crippen molar-refractivity contribution >= 4 is 17.7 Å². The zero-order valence-corrected chi connectivity index (χ0v) is 18.6. The standard InChI is InChI=1S/C22H24N4O5S/c1-28-15-8-7-14(11-18(15)29-2)9-10-23-20(27)13-32-22-24-21(25-26-22)19-12-30-16-5-3-4-6-17(16)31-19/h3-8,11,19H,9-10,12-13H2,1-2H3,(H,23,27)(H,24,25,26)/t19-/m0/s1. The van der Waals surface area contributed by atoms with Crippen LogP contribution < -0.4 is 24.3 Å². The van der Waals surface area contributed by atoms with Crippen LogP contribution in [-0.4, -0.2) is 54.2 Å². The second kappa shape index (κ2) is 10.3. The van der Waals surface area contributed by atoms with Crippen molar-refractivity contribution < 1.29 is 23.7 Å². The number of aromatic nitrogens is 3. The van der Waals surface area contributed by atoms with Crippen LogP contribution in [0.25, 0.3) is 0 Å². The van der Waals surface area contributed by atoms with Crippen LogP contribution in [0, 0.1) is 0 Å². The lowest BCUT2D eigenvalue weighted by molar-refractivity contribution is -0.118. The van der Waals surface area contributed by atoms with Crippen molar-refractivity contribution in [3.63, 3.8) is 0 Å². The Morgan fingerprint density at radius 2 is 2.00 bits per heavy atom. The van der Waals surface area contributed by atoms with Gasteiger partial charge in [0.25, 0.3) is 0 Å². The summed E-state index contributed by atoms with van der Waals surface area (Å²) in [5.41, 5.74) is 1.05. The molecule has 0 radical (unpaired) electrons. The Balaban J connectivity index is 1.22. The third-order valence-electron chi connectivity index (χ3n) is 4.81. The Morgan fingerprint density at radius 1 is 1.19 bits per heavy atom. The maximum Gasteiger partial charge on any atom is 0.230 e. The molecule has 0 saturated carbocycles. The average molecular weight is 457 g/mol. The highest BCUT2D eigenvalue weighted by molar-refractivity contribution is 7.99. The van der Waals surface area contributed by atoms with E-state index in [1.54, 1.807) is 14.2 Å². The van der Waals surface area contributed by atoms with Gasteiger partial charge in [-0.1, -0.05) is 30.0 Å². The number of hydrogen-bond donors (Lipinski definition) is 2.